The molecule has 1 aliphatic heterocycles. The predicted molar refractivity (Wildman–Crippen MR) is 75.8 cm³/mol. The van der Waals surface area contributed by atoms with Gasteiger partial charge in [-0.3, -0.25) is 9.59 Å². The van der Waals surface area contributed by atoms with E-state index in [4.69, 9.17) is 5.11 Å². The summed E-state index contributed by atoms with van der Waals surface area (Å²) >= 11 is 0. The van der Waals surface area contributed by atoms with Crippen LogP contribution in [0.25, 0.3) is 0 Å². The highest BCUT2D eigenvalue weighted by Gasteiger charge is 2.48. The summed E-state index contributed by atoms with van der Waals surface area (Å²) in [6.07, 6.45) is 2.80. The predicted octanol–water partition coefficient (Wildman–Crippen LogP) is 1.95. The molecule has 5 nitrogen and oxygen atoms in total. The second-order valence-electron chi connectivity index (χ2n) is 5.49. The van der Waals surface area contributed by atoms with Gasteiger partial charge in [0.1, 0.15) is 0 Å². The first kappa shape index (κ1) is 13.0. The second-order valence-corrected chi connectivity index (χ2v) is 5.49. The Hall–Kier alpha value is -2.04. The van der Waals surface area contributed by atoms with E-state index in [2.05, 4.69) is 10.2 Å². The minimum absolute atomic E-state index is 0.177. The maximum Gasteiger partial charge on any atom is 0.307 e. The van der Waals surface area contributed by atoms with Crippen molar-refractivity contribution in [3.05, 3.63) is 24.3 Å². The van der Waals surface area contributed by atoms with Crippen LogP contribution in [0.1, 0.15) is 19.3 Å². The van der Waals surface area contributed by atoms with Crippen LogP contribution in [-0.4, -0.2) is 30.1 Å². The van der Waals surface area contributed by atoms with E-state index in [0.29, 0.717) is 6.42 Å². The number of carbonyl (C=O) groups excluding carboxylic acids is 1. The highest BCUT2D eigenvalue weighted by atomic mass is 16.4. The number of hydrogen-bond donors (Lipinski definition) is 2. The molecule has 2 N–H and O–H groups in total. The third kappa shape index (κ3) is 2.48. The second kappa shape index (κ2) is 5.15. The van der Waals surface area contributed by atoms with Crippen LogP contribution in [0.15, 0.2) is 24.3 Å². The van der Waals surface area contributed by atoms with Crippen molar-refractivity contribution in [3.63, 3.8) is 0 Å². The zero-order valence-electron chi connectivity index (χ0n) is 11.2. The van der Waals surface area contributed by atoms with Gasteiger partial charge in [-0.15, -0.1) is 0 Å². The quantitative estimate of drug-likeness (QED) is 0.880. The Labute approximate surface area is 117 Å². The van der Waals surface area contributed by atoms with E-state index in [-0.39, 0.29) is 11.8 Å². The van der Waals surface area contributed by atoms with Crippen molar-refractivity contribution in [1.29, 1.82) is 0 Å². The molecular formula is C15H18N2O3. The normalized spacial score (nSPS) is 24.5. The fraction of sp³-hybridized carbons (Fsp3) is 0.467. The molecule has 2 fully saturated rings. The number of anilines is 2. The van der Waals surface area contributed by atoms with Crippen LogP contribution in [0.5, 0.6) is 0 Å². The fourth-order valence-electron chi connectivity index (χ4n) is 2.80. The summed E-state index contributed by atoms with van der Waals surface area (Å²) in [5.74, 6) is -1.94. The summed E-state index contributed by atoms with van der Waals surface area (Å²) in [5.41, 5.74) is 1.82. The number of amides is 1. The first-order valence-electron chi connectivity index (χ1n) is 7.04. The van der Waals surface area contributed by atoms with Gasteiger partial charge in [0.05, 0.1) is 23.2 Å². The van der Waals surface area contributed by atoms with Crippen LogP contribution in [0.4, 0.5) is 11.4 Å². The van der Waals surface area contributed by atoms with Gasteiger partial charge in [-0.25, -0.2) is 0 Å². The number of para-hydroxylation sites is 2. The fourth-order valence-corrected chi connectivity index (χ4v) is 2.80. The van der Waals surface area contributed by atoms with Crippen LogP contribution >= 0.6 is 0 Å². The molecule has 1 aromatic carbocycles. The van der Waals surface area contributed by atoms with Gasteiger partial charge in [-0.1, -0.05) is 12.1 Å². The monoisotopic (exact) mass is 274 g/mol. The smallest absolute Gasteiger partial charge is 0.307 e. The van der Waals surface area contributed by atoms with Gasteiger partial charge >= 0.3 is 5.97 Å². The van der Waals surface area contributed by atoms with Crippen LogP contribution in [0, 0.1) is 11.8 Å². The van der Waals surface area contributed by atoms with Crippen molar-refractivity contribution >= 4 is 23.3 Å². The molecule has 5 heteroatoms. The van der Waals surface area contributed by atoms with Crippen LogP contribution in [-0.2, 0) is 9.59 Å². The number of carboxylic acid groups (broad SMARTS) is 1. The Morgan fingerprint density at radius 3 is 2.50 bits per heavy atom. The van der Waals surface area contributed by atoms with E-state index < -0.39 is 11.9 Å². The summed E-state index contributed by atoms with van der Waals surface area (Å²) in [7, 11) is 0. The molecule has 1 amide bonds. The standard InChI is InChI=1S/C15H18N2O3/c18-14(10-9-11(10)15(19)20)16-12-5-1-2-6-13(12)17-7-3-4-8-17/h1-2,5-6,10-11H,3-4,7-9H2,(H,16,18)(H,19,20)/t10-,11-/m0/s1. The molecule has 1 saturated heterocycles. The molecule has 0 spiro atoms. The van der Waals surface area contributed by atoms with E-state index >= 15 is 0 Å². The average molecular weight is 274 g/mol. The van der Waals surface area contributed by atoms with E-state index in [1.165, 1.54) is 12.8 Å². The van der Waals surface area contributed by atoms with Gasteiger partial charge in [0.15, 0.2) is 0 Å². The zero-order valence-corrected chi connectivity index (χ0v) is 11.2. The number of hydrogen-bond acceptors (Lipinski definition) is 3. The molecule has 2 aliphatic rings. The van der Waals surface area contributed by atoms with E-state index in [0.717, 1.165) is 24.5 Å². The highest BCUT2D eigenvalue weighted by molar-refractivity contribution is 6.00. The number of nitrogens with zero attached hydrogens (tertiary/aromatic N) is 1. The molecular weight excluding hydrogens is 256 g/mol. The first-order valence-corrected chi connectivity index (χ1v) is 7.04. The van der Waals surface area contributed by atoms with Crippen molar-refractivity contribution in [1.82, 2.24) is 0 Å². The molecule has 1 aromatic rings. The number of aliphatic carboxylic acids is 1. The van der Waals surface area contributed by atoms with Gasteiger partial charge in [0, 0.05) is 13.1 Å². The SMILES string of the molecule is O=C(O)[C@H]1C[C@@H]1C(=O)Nc1ccccc1N1CCCC1. The third-order valence-electron chi connectivity index (χ3n) is 4.05. The largest absolute Gasteiger partial charge is 0.481 e. The van der Waals surface area contributed by atoms with Crippen LogP contribution in [0.2, 0.25) is 0 Å². The Morgan fingerprint density at radius 1 is 1.15 bits per heavy atom. The number of rotatable bonds is 4. The minimum atomic E-state index is -0.877. The lowest BCUT2D eigenvalue weighted by atomic mass is 10.2. The molecule has 2 atom stereocenters. The third-order valence-corrected chi connectivity index (χ3v) is 4.05. The first-order chi connectivity index (χ1) is 9.66. The number of nitrogens with one attached hydrogen (secondary N) is 1. The number of carbonyl (C=O) groups is 2. The van der Waals surface area contributed by atoms with Gasteiger partial charge in [0.25, 0.3) is 0 Å². The van der Waals surface area contributed by atoms with Gasteiger partial charge in [-0.2, -0.15) is 0 Å². The molecule has 1 aliphatic carbocycles. The summed E-state index contributed by atoms with van der Waals surface area (Å²) in [4.78, 5) is 25.1. The summed E-state index contributed by atoms with van der Waals surface area (Å²) in [5, 5.41) is 11.8. The van der Waals surface area contributed by atoms with Crippen molar-refractivity contribution in [2.75, 3.05) is 23.3 Å². The lowest BCUT2D eigenvalue weighted by molar-refractivity contribution is -0.139. The molecule has 20 heavy (non-hydrogen) atoms. The zero-order chi connectivity index (χ0) is 14.1. The number of benzene rings is 1. The molecule has 0 radical (unpaired) electrons. The lowest BCUT2D eigenvalue weighted by Gasteiger charge is -2.21. The Kier molecular flexibility index (Phi) is 3.34. The highest BCUT2D eigenvalue weighted by Crippen LogP contribution is 2.40. The van der Waals surface area contributed by atoms with E-state index in [1.54, 1.807) is 0 Å². The van der Waals surface area contributed by atoms with Crippen molar-refractivity contribution < 1.29 is 14.7 Å². The Balaban J connectivity index is 1.71. The molecule has 0 unspecified atom stereocenters. The Bertz CT molecular complexity index is 538. The summed E-state index contributed by atoms with van der Waals surface area (Å²) in [6.45, 7) is 2.02. The maximum atomic E-state index is 12.1. The van der Waals surface area contributed by atoms with E-state index in [1.807, 2.05) is 24.3 Å². The van der Waals surface area contributed by atoms with Crippen molar-refractivity contribution in [3.8, 4) is 0 Å². The topological polar surface area (TPSA) is 69.6 Å². The van der Waals surface area contributed by atoms with Gasteiger partial charge in [-0.05, 0) is 31.4 Å². The maximum absolute atomic E-state index is 12.1. The molecule has 1 heterocycles. The summed E-state index contributed by atoms with van der Waals surface area (Å²) < 4.78 is 0. The van der Waals surface area contributed by atoms with Crippen LogP contribution in [0.3, 0.4) is 0 Å². The molecule has 106 valence electrons. The number of carboxylic acids is 1. The van der Waals surface area contributed by atoms with Crippen molar-refractivity contribution in [2.45, 2.75) is 19.3 Å². The summed E-state index contributed by atoms with van der Waals surface area (Å²) in [6, 6.07) is 7.73. The van der Waals surface area contributed by atoms with Crippen molar-refractivity contribution in [2.24, 2.45) is 11.8 Å². The molecule has 0 aromatic heterocycles. The molecule has 1 saturated carbocycles. The Morgan fingerprint density at radius 2 is 1.85 bits per heavy atom. The average Bonchev–Trinajstić information content (AvgIpc) is 3.08. The van der Waals surface area contributed by atoms with Gasteiger partial charge in [0.2, 0.25) is 5.91 Å². The van der Waals surface area contributed by atoms with Gasteiger partial charge < -0.3 is 15.3 Å². The lowest BCUT2D eigenvalue weighted by Crippen LogP contribution is -2.22. The molecule has 3 rings (SSSR count). The van der Waals surface area contributed by atoms with E-state index in [9.17, 15) is 9.59 Å². The molecule has 0 bridgehead atoms. The van der Waals surface area contributed by atoms with Crippen LogP contribution < -0.4 is 10.2 Å². The minimum Gasteiger partial charge on any atom is -0.481 e.